The van der Waals surface area contributed by atoms with Gasteiger partial charge in [-0.1, -0.05) is 42.5 Å². The molecule has 2 rings (SSSR count). The number of aliphatic imine (C=N–C) groups is 1. The lowest BCUT2D eigenvalue weighted by Gasteiger charge is -2.13. The lowest BCUT2D eigenvalue weighted by atomic mass is 10.1. The van der Waals surface area contributed by atoms with Crippen molar-refractivity contribution >= 4 is 35.6 Å². The molecule has 7 nitrogen and oxygen atoms in total. The Kier molecular flexibility index (Phi) is 12.6. The Morgan fingerprint density at radius 3 is 2.38 bits per heavy atom. The van der Waals surface area contributed by atoms with Gasteiger partial charge in [-0.15, -0.1) is 24.0 Å². The maximum atomic E-state index is 10.8. The topological polar surface area (TPSA) is 88.8 Å². The van der Waals surface area contributed by atoms with Crippen LogP contribution >= 0.6 is 24.0 Å². The summed E-state index contributed by atoms with van der Waals surface area (Å²) in [6.45, 7) is 5.39. The van der Waals surface area contributed by atoms with Crippen LogP contribution in [0.4, 0.5) is 5.69 Å². The van der Waals surface area contributed by atoms with Crippen LogP contribution in [0.2, 0.25) is 0 Å². The van der Waals surface area contributed by atoms with Gasteiger partial charge in [0.1, 0.15) is 0 Å². The van der Waals surface area contributed by atoms with E-state index in [4.69, 9.17) is 4.74 Å². The molecule has 0 radical (unpaired) electrons. The van der Waals surface area contributed by atoms with Crippen LogP contribution in [0.25, 0.3) is 0 Å². The van der Waals surface area contributed by atoms with Gasteiger partial charge in [0.15, 0.2) is 5.96 Å². The van der Waals surface area contributed by atoms with Crippen molar-refractivity contribution in [1.29, 1.82) is 0 Å². The van der Waals surface area contributed by atoms with Crippen molar-refractivity contribution in [2.24, 2.45) is 4.99 Å². The number of nitrogens with one attached hydrogen (secondary N) is 2. The third-order valence-electron chi connectivity index (χ3n) is 4.08. The zero-order chi connectivity index (χ0) is 20.0. The fraction of sp³-hybridized carbons (Fsp3) is 0.381. The highest BCUT2D eigenvalue weighted by Crippen LogP contribution is 2.12. The molecule has 0 unspecified atom stereocenters. The van der Waals surface area contributed by atoms with Crippen molar-refractivity contribution in [3.63, 3.8) is 0 Å². The maximum absolute atomic E-state index is 10.8. The smallest absolute Gasteiger partial charge is 0.269 e. The number of nitrogens with zero attached hydrogens (tertiary/aromatic N) is 2. The Bertz CT molecular complexity index is 739. The van der Waals surface area contributed by atoms with Gasteiger partial charge >= 0.3 is 0 Å². The molecule has 0 aliphatic heterocycles. The third-order valence-corrected chi connectivity index (χ3v) is 4.08. The van der Waals surface area contributed by atoms with E-state index in [0.29, 0.717) is 13.2 Å². The van der Waals surface area contributed by atoms with Gasteiger partial charge in [-0.3, -0.25) is 10.1 Å². The minimum absolute atomic E-state index is 0. The van der Waals surface area contributed by atoms with E-state index < -0.39 is 4.92 Å². The van der Waals surface area contributed by atoms with E-state index in [0.717, 1.165) is 44.1 Å². The number of ether oxygens (including phenoxy) is 1. The van der Waals surface area contributed by atoms with Gasteiger partial charge in [0.05, 0.1) is 11.5 Å². The number of nitro groups is 1. The predicted molar refractivity (Wildman–Crippen MR) is 127 cm³/mol. The second-order valence-corrected chi connectivity index (χ2v) is 6.23. The molecule has 8 heteroatoms. The van der Waals surface area contributed by atoms with Crippen LogP contribution in [0.1, 0.15) is 24.5 Å². The van der Waals surface area contributed by atoms with Crippen LogP contribution in [0.15, 0.2) is 59.6 Å². The standard InChI is InChI=1S/C21H28N4O3.HI/c1-2-28-16-6-14-22-21(23-15-13-18-7-4-3-5-8-18)24-17-19-9-11-20(12-10-19)25(26)27;/h3-5,7-12H,2,6,13-17H2,1H3,(H2,22,23,24);1H. The van der Waals surface area contributed by atoms with Crippen LogP contribution in [0.5, 0.6) is 0 Å². The molecule has 0 amide bonds. The average Bonchev–Trinajstić information content (AvgIpc) is 2.72. The summed E-state index contributed by atoms with van der Waals surface area (Å²) in [4.78, 5) is 15.0. The monoisotopic (exact) mass is 512 g/mol. The molecule has 29 heavy (non-hydrogen) atoms. The van der Waals surface area contributed by atoms with Crippen LogP contribution in [-0.4, -0.2) is 37.2 Å². The molecule has 2 aromatic carbocycles. The average molecular weight is 512 g/mol. The van der Waals surface area contributed by atoms with Crippen molar-refractivity contribution in [3.8, 4) is 0 Å². The molecule has 0 aliphatic carbocycles. The summed E-state index contributed by atoms with van der Waals surface area (Å²) in [5, 5.41) is 17.4. The summed E-state index contributed by atoms with van der Waals surface area (Å²) in [6.07, 6.45) is 1.79. The van der Waals surface area contributed by atoms with Crippen molar-refractivity contribution in [2.75, 3.05) is 26.3 Å². The minimum Gasteiger partial charge on any atom is -0.382 e. The van der Waals surface area contributed by atoms with Crippen LogP contribution < -0.4 is 10.6 Å². The van der Waals surface area contributed by atoms with Gasteiger partial charge in [0, 0.05) is 38.4 Å². The number of guanidine groups is 1. The first-order valence-electron chi connectivity index (χ1n) is 9.56. The van der Waals surface area contributed by atoms with E-state index in [-0.39, 0.29) is 29.7 Å². The van der Waals surface area contributed by atoms with E-state index in [9.17, 15) is 10.1 Å². The van der Waals surface area contributed by atoms with Gasteiger partial charge in [-0.05, 0) is 30.9 Å². The lowest BCUT2D eigenvalue weighted by molar-refractivity contribution is -0.384. The third kappa shape index (κ3) is 10.2. The SMILES string of the molecule is CCOCCCNC(=NCc1ccc([N+](=O)[O-])cc1)NCCc1ccccc1.I. The van der Waals surface area contributed by atoms with E-state index in [1.165, 1.54) is 17.7 Å². The molecule has 0 spiro atoms. The van der Waals surface area contributed by atoms with Crippen molar-refractivity contribution in [2.45, 2.75) is 26.3 Å². The second kappa shape index (κ2) is 14.7. The first-order valence-corrected chi connectivity index (χ1v) is 9.56. The minimum atomic E-state index is -0.399. The van der Waals surface area contributed by atoms with E-state index >= 15 is 0 Å². The highest BCUT2D eigenvalue weighted by Gasteiger charge is 2.04. The van der Waals surface area contributed by atoms with Crippen LogP contribution in [-0.2, 0) is 17.7 Å². The van der Waals surface area contributed by atoms with Gasteiger partial charge in [-0.2, -0.15) is 0 Å². The quantitative estimate of drug-likeness (QED) is 0.119. The van der Waals surface area contributed by atoms with Gasteiger partial charge in [0.2, 0.25) is 0 Å². The van der Waals surface area contributed by atoms with Crippen LogP contribution in [0, 0.1) is 10.1 Å². The Hall–Kier alpha value is -2.20. The van der Waals surface area contributed by atoms with E-state index in [2.05, 4.69) is 27.8 Å². The summed E-state index contributed by atoms with van der Waals surface area (Å²) in [7, 11) is 0. The van der Waals surface area contributed by atoms with Gasteiger partial charge in [0.25, 0.3) is 5.69 Å². The second-order valence-electron chi connectivity index (χ2n) is 6.23. The van der Waals surface area contributed by atoms with Crippen LogP contribution in [0.3, 0.4) is 0 Å². The number of nitro benzene ring substituents is 1. The summed E-state index contributed by atoms with van der Waals surface area (Å²) in [5.41, 5.74) is 2.27. The largest absolute Gasteiger partial charge is 0.382 e. The Morgan fingerprint density at radius 2 is 1.72 bits per heavy atom. The number of rotatable bonds is 11. The molecule has 0 aliphatic rings. The van der Waals surface area contributed by atoms with E-state index in [1.807, 2.05) is 25.1 Å². The molecule has 0 heterocycles. The van der Waals surface area contributed by atoms with Crippen molar-refractivity contribution in [3.05, 3.63) is 75.8 Å². The Labute approximate surface area is 189 Å². The fourth-order valence-electron chi connectivity index (χ4n) is 2.56. The summed E-state index contributed by atoms with van der Waals surface area (Å²) < 4.78 is 5.36. The van der Waals surface area contributed by atoms with Gasteiger partial charge < -0.3 is 15.4 Å². The zero-order valence-corrected chi connectivity index (χ0v) is 19.0. The molecular weight excluding hydrogens is 483 g/mol. The highest BCUT2D eigenvalue weighted by molar-refractivity contribution is 14.0. The normalized spacial score (nSPS) is 10.9. The fourth-order valence-corrected chi connectivity index (χ4v) is 2.56. The Balaban J connectivity index is 0.00000420. The molecule has 0 atom stereocenters. The molecule has 0 aromatic heterocycles. The first kappa shape index (κ1) is 24.8. The zero-order valence-electron chi connectivity index (χ0n) is 16.7. The first-order chi connectivity index (χ1) is 13.7. The number of hydrogen-bond donors (Lipinski definition) is 2. The maximum Gasteiger partial charge on any atom is 0.269 e. The Morgan fingerprint density at radius 1 is 1.03 bits per heavy atom. The van der Waals surface area contributed by atoms with Gasteiger partial charge in [-0.25, -0.2) is 4.99 Å². The van der Waals surface area contributed by atoms with Crippen molar-refractivity contribution < 1.29 is 9.66 Å². The molecule has 158 valence electrons. The summed E-state index contributed by atoms with van der Waals surface area (Å²) in [5.74, 6) is 0.728. The molecule has 0 bridgehead atoms. The molecule has 0 saturated carbocycles. The predicted octanol–water partition coefficient (Wildman–Crippen LogP) is 3.92. The summed E-state index contributed by atoms with van der Waals surface area (Å²) in [6, 6.07) is 16.8. The molecule has 2 aromatic rings. The molecular formula is C21H29IN4O3. The van der Waals surface area contributed by atoms with Crippen molar-refractivity contribution in [1.82, 2.24) is 10.6 Å². The molecule has 2 N–H and O–H groups in total. The molecule has 0 fully saturated rings. The summed E-state index contributed by atoms with van der Waals surface area (Å²) >= 11 is 0. The van der Waals surface area contributed by atoms with E-state index in [1.54, 1.807) is 12.1 Å². The number of hydrogen-bond acceptors (Lipinski definition) is 4. The lowest BCUT2D eigenvalue weighted by Crippen LogP contribution is -2.39. The number of non-ortho nitro benzene ring substituents is 1. The number of halogens is 1. The number of benzene rings is 2. The highest BCUT2D eigenvalue weighted by atomic mass is 127. The molecule has 0 saturated heterocycles.